The third-order valence-electron chi connectivity index (χ3n) is 5.42. The second-order valence-electron chi connectivity index (χ2n) is 9.46. The monoisotopic (exact) mass is 447 g/mol. The van der Waals surface area contributed by atoms with E-state index in [9.17, 15) is 4.79 Å². The van der Waals surface area contributed by atoms with Crippen LogP contribution in [0.15, 0.2) is 16.6 Å². The molecule has 1 aromatic heterocycles. The summed E-state index contributed by atoms with van der Waals surface area (Å²) >= 11 is 3.62. The van der Waals surface area contributed by atoms with Crippen molar-refractivity contribution in [1.29, 1.82) is 0 Å². The summed E-state index contributed by atoms with van der Waals surface area (Å²) in [4.78, 5) is 20.0. The first-order valence-electron chi connectivity index (χ1n) is 9.62. The second kappa shape index (κ2) is 6.90. The van der Waals surface area contributed by atoms with E-state index >= 15 is 0 Å². The Bertz CT molecular complexity index is 933. The number of halogens is 1. The highest BCUT2D eigenvalue weighted by atomic mass is 79.9. The molecule has 1 aromatic carbocycles. The van der Waals surface area contributed by atoms with E-state index in [2.05, 4.69) is 53.4 Å². The highest BCUT2D eigenvalue weighted by molar-refractivity contribution is 9.10. The number of rotatable bonds is 2. The van der Waals surface area contributed by atoms with Gasteiger partial charge in [-0.05, 0) is 60.8 Å². The number of aromatic nitrogens is 2. The van der Waals surface area contributed by atoms with Gasteiger partial charge < -0.3 is 14.2 Å². The predicted octanol–water partition coefficient (Wildman–Crippen LogP) is 5.05. The average Bonchev–Trinajstić information content (AvgIpc) is 2.99. The first-order chi connectivity index (χ1) is 12.9. The molecule has 0 saturated carbocycles. The lowest BCUT2D eigenvalue weighted by Gasteiger charge is -2.32. The van der Waals surface area contributed by atoms with Gasteiger partial charge in [0.05, 0.1) is 23.0 Å². The lowest BCUT2D eigenvalue weighted by Crippen LogP contribution is -2.43. The van der Waals surface area contributed by atoms with Gasteiger partial charge in [0, 0.05) is 30.1 Å². The fourth-order valence-corrected chi connectivity index (χ4v) is 4.00. The zero-order chi connectivity index (χ0) is 21.0. The Hall–Kier alpha value is -1.82. The largest absolute Gasteiger partial charge is 0.496 e. The van der Waals surface area contributed by atoms with Gasteiger partial charge in [0.2, 0.25) is 0 Å². The smallest absolute Gasteiger partial charge is 0.290 e. The van der Waals surface area contributed by atoms with E-state index in [0.29, 0.717) is 5.82 Å². The van der Waals surface area contributed by atoms with Gasteiger partial charge in [0.25, 0.3) is 5.91 Å². The minimum atomic E-state index is -0.270. The first kappa shape index (κ1) is 20.9. The Morgan fingerprint density at radius 2 is 1.86 bits per heavy atom. The van der Waals surface area contributed by atoms with Gasteiger partial charge in [-0.1, -0.05) is 20.8 Å². The molecule has 0 aliphatic carbocycles. The van der Waals surface area contributed by atoms with Crippen molar-refractivity contribution in [2.45, 2.75) is 65.5 Å². The fourth-order valence-electron chi connectivity index (χ4n) is 3.50. The molecule has 0 fully saturated rings. The lowest BCUT2D eigenvalue weighted by molar-refractivity contribution is 0.0637. The molecule has 0 atom stereocenters. The molecule has 0 unspecified atom stereocenters. The zero-order valence-corrected chi connectivity index (χ0v) is 19.7. The number of aryl methyl sites for hydroxylation is 1. The van der Waals surface area contributed by atoms with Crippen LogP contribution in [0.4, 0.5) is 0 Å². The number of benzene rings is 1. The van der Waals surface area contributed by atoms with Crippen LogP contribution in [0.2, 0.25) is 0 Å². The normalized spacial score (nSPS) is 13.8. The third-order valence-corrected chi connectivity index (χ3v) is 6.04. The van der Waals surface area contributed by atoms with Gasteiger partial charge in [-0.2, -0.15) is 0 Å². The van der Waals surface area contributed by atoms with Crippen LogP contribution in [0.5, 0.6) is 5.75 Å². The standard InChI is InChI=1S/C22H30BrN3O2/c1-21(2,3)18-17-14-12-15(23)16(28-8)11-13(14)9-10-26(17)19(24-18)20(27)25(7)22(4,5)6/h11-12H,9-10H2,1-8H3. The van der Waals surface area contributed by atoms with Crippen LogP contribution in [0.25, 0.3) is 11.3 Å². The number of hydrogen-bond acceptors (Lipinski definition) is 3. The first-order valence-corrected chi connectivity index (χ1v) is 10.4. The van der Waals surface area contributed by atoms with Gasteiger partial charge >= 0.3 is 0 Å². The Kier molecular flexibility index (Phi) is 5.15. The van der Waals surface area contributed by atoms with E-state index in [1.165, 1.54) is 5.56 Å². The number of imidazole rings is 1. The molecule has 3 rings (SSSR count). The zero-order valence-electron chi connectivity index (χ0n) is 18.1. The molecule has 5 nitrogen and oxygen atoms in total. The van der Waals surface area contributed by atoms with Crippen LogP contribution < -0.4 is 4.74 Å². The van der Waals surface area contributed by atoms with Crippen molar-refractivity contribution in [1.82, 2.24) is 14.5 Å². The molecule has 0 N–H and O–H groups in total. The minimum absolute atomic E-state index is 0.0414. The highest BCUT2D eigenvalue weighted by Crippen LogP contribution is 2.42. The van der Waals surface area contributed by atoms with E-state index in [1.807, 2.05) is 27.8 Å². The van der Waals surface area contributed by atoms with Crippen molar-refractivity contribution in [3.05, 3.63) is 33.7 Å². The van der Waals surface area contributed by atoms with Crippen molar-refractivity contribution in [3.8, 4) is 17.0 Å². The van der Waals surface area contributed by atoms with Crippen molar-refractivity contribution in [2.24, 2.45) is 0 Å². The number of ether oxygens (including phenoxy) is 1. The number of carbonyl (C=O) groups excluding carboxylic acids is 1. The predicted molar refractivity (Wildman–Crippen MR) is 116 cm³/mol. The van der Waals surface area contributed by atoms with Gasteiger partial charge in [-0.15, -0.1) is 0 Å². The molecule has 2 heterocycles. The van der Waals surface area contributed by atoms with Crippen LogP contribution in [-0.2, 0) is 18.4 Å². The molecule has 1 amide bonds. The maximum absolute atomic E-state index is 13.3. The maximum Gasteiger partial charge on any atom is 0.290 e. The van der Waals surface area contributed by atoms with Crippen LogP contribution >= 0.6 is 15.9 Å². The number of carbonyl (C=O) groups is 1. The Labute approximate surface area is 176 Å². The molecule has 0 bridgehead atoms. The molecule has 28 heavy (non-hydrogen) atoms. The summed E-state index contributed by atoms with van der Waals surface area (Å²) < 4.78 is 8.49. The summed E-state index contributed by atoms with van der Waals surface area (Å²) in [6, 6.07) is 4.18. The van der Waals surface area contributed by atoms with E-state index < -0.39 is 0 Å². The van der Waals surface area contributed by atoms with Crippen molar-refractivity contribution < 1.29 is 9.53 Å². The van der Waals surface area contributed by atoms with Crippen molar-refractivity contribution in [3.63, 3.8) is 0 Å². The van der Waals surface area contributed by atoms with Crippen molar-refractivity contribution in [2.75, 3.05) is 14.2 Å². The molecule has 0 saturated heterocycles. The molecular weight excluding hydrogens is 418 g/mol. The molecule has 2 aromatic rings. The number of nitrogens with zero attached hydrogens (tertiary/aromatic N) is 3. The van der Waals surface area contributed by atoms with Crippen LogP contribution in [-0.4, -0.2) is 40.1 Å². The maximum atomic E-state index is 13.3. The summed E-state index contributed by atoms with van der Waals surface area (Å²) in [6.45, 7) is 13.3. The molecular formula is C22H30BrN3O2. The van der Waals surface area contributed by atoms with Gasteiger partial charge in [0.15, 0.2) is 5.82 Å². The lowest BCUT2D eigenvalue weighted by atomic mass is 9.86. The second-order valence-corrected chi connectivity index (χ2v) is 10.3. The number of fused-ring (bicyclic) bond motifs is 3. The molecule has 152 valence electrons. The number of methoxy groups -OCH3 is 1. The summed E-state index contributed by atoms with van der Waals surface area (Å²) in [5.74, 6) is 1.31. The van der Waals surface area contributed by atoms with Gasteiger partial charge in [-0.25, -0.2) is 4.98 Å². The fraction of sp³-hybridized carbons (Fsp3) is 0.545. The molecule has 0 radical (unpaired) electrons. The Morgan fingerprint density at radius 1 is 1.21 bits per heavy atom. The van der Waals surface area contributed by atoms with Crippen LogP contribution in [0.1, 0.15) is 63.4 Å². The number of amides is 1. The molecule has 1 aliphatic heterocycles. The summed E-state index contributed by atoms with van der Waals surface area (Å²) in [7, 11) is 3.53. The quantitative estimate of drug-likeness (QED) is 0.647. The summed E-state index contributed by atoms with van der Waals surface area (Å²) in [6.07, 6.45) is 0.839. The summed E-state index contributed by atoms with van der Waals surface area (Å²) in [5.41, 5.74) is 3.89. The Balaban J connectivity index is 2.25. The van der Waals surface area contributed by atoms with Crippen LogP contribution in [0.3, 0.4) is 0 Å². The third kappa shape index (κ3) is 3.47. The Morgan fingerprint density at radius 3 is 2.39 bits per heavy atom. The summed E-state index contributed by atoms with van der Waals surface area (Å²) in [5, 5.41) is 0. The average molecular weight is 448 g/mol. The highest BCUT2D eigenvalue weighted by Gasteiger charge is 2.35. The van der Waals surface area contributed by atoms with Crippen molar-refractivity contribution >= 4 is 21.8 Å². The van der Waals surface area contributed by atoms with Gasteiger partial charge in [-0.3, -0.25) is 4.79 Å². The SMILES string of the molecule is COc1cc2c(cc1Br)-c1c(C(C)(C)C)nc(C(=O)N(C)C(C)(C)C)n1CC2. The molecule has 0 spiro atoms. The van der Waals surface area contributed by atoms with E-state index in [0.717, 1.165) is 40.1 Å². The molecule has 6 heteroatoms. The van der Waals surface area contributed by atoms with Gasteiger partial charge in [0.1, 0.15) is 5.75 Å². The van der Waals surface area contributed by atoms with E-state index in [1.54, 1.807) is 12.0 Å². The van der Waals surface area contributed by atoms with E-state index in [4.69, 9.17) is 9.72 Å². The topological polar surface area (TPSA) is 47.4 Å². The van der Waals surface area contributed by atoms with Crippen LogP contribution in [0, 0.1) is 0 Å². The van der Waals surface area contributed by atoms with E-state index in [-0.39, 0.29) is 16.9 Å². The minimum Gasteiger partial charge on any atom is -0.496 e. The number of hydrogen-bond donors (Lipinski definition) is 0. The molecule has 1 aliphatic rings.